The van der Waals surface area contributed by atoms with Crippen LogP contribution >= 0.6 is 0 Å². The SMILES string of the molecule is COC1CCC[C@H](n2cccc(N)c2=O)C1. The molecule has 0 radical (unpaired) electrons. The summed E-state index contributed by atoms with van der Waals surface area (Å²) >= 11 is 0. The average molecular weight is 222 g/mol. The Labute approximate surface area is 95.0 Å². The molecule has 16 heavy (non-hydrogen) atoms. The van der Waals surface area contributed by atoms with Crippen molar-refractivity contribution in [1.82, 2.24) is 4.57 Å². The zero-order valence-corrected chi connectivity index (χ0v) is 9.56. The lowest BCUT2D eigenvalue weighted by atomic mass is 9.92. The van der Waals surface area contributed by atoms with Gasteiger partial charge in [-0.25, -0.2) is 0 Å². The minimum atomic E-state index is -0.0794. The number of ether oxygens (including phenoxy) is 1. The van der Waals surface area contributed by atoms with Gasteiger partial charge in [0.1, 0.15) is 0 Å². The van der Waals surface area contributed by atoms with Crippen LogP contribution in [0.3, 0.4) is 0 Å². The van der Waals surface area contributed by atoms with E-state index < -0.39 is 0 Å². The highest BCUT2D eigenvalue weighted by Crippen LogP contribution is 2.28. The summed E-state index contributed by atoms with van der Waals surface area (Å²) in [4.78, 5) is 11.9. The van der Waals surface area contributed by atoms with Crippen LogP contribution < -0.4 is 11.3 Å². The second-order valence-corrected chi connectivity index (χ2v) is 4.35. The van der Waals surface area contributed by atoms with Gasteiger partial charge < -0.3 is 15.0 Å². The lowest BCUT2D eigenvalue weighted by molar-refractivity contribution is 0.0525. The Morgan fingerprint density at radius 3 is 3.06 bits per heavy atom. The Hall–Kier alpha value is -1.29. The van der Waals surface area contributed by atoms with Crippen molar-refractivity contribution in [2.24, 2.45) is 0 Å². The van der Waals surface area contributed by atoms with E-state index in [4.69, 9.17) is 10.5 Å². The molecule has 0 saturated heterocycles. The van der Waals surface area contributed by atoms with Crippen LogP contribution in [0.5, 0.6) is 0 Å². The van der Waals surface area contributed by atoms with E-state index in [2.05, 4.69) is 0 Å². The van der Waals surface area contributed by atoms with Crippen molar-refractivity contribution in [3.8, 4) is 0 Å². The lowest BCUT2D eigenvalue weighted by Gasteiger charge is -2.29. The summed E-state index contributed by atoms with van der Waals surface area (Å²) in [6.45, 7) is 0. The minimum Gasteiger partial charge on any atom is -0.394 e. The number of rotatable bonds is 2. The van der Waals surface area contributed by atoms with Crippen LogP contribution in [-0.2, 0) is 4.74 Å². The third-order valence-electron chi connectivity index (χ3n) is 3.33. The quantitative estimate of drug-likeness (QED) is 0.826. The van der Waals surface area contributed by atoms with Gasteiger partial charge in [0.15, 0.2) is 0 Å². The van der Waals surface area contributed by atoms with E-state index in [1.54, 1.807) is 17.7 Å². The van der Waals surface area contributed by atoms with Gasteiger partial charge in [-0.1, -0.05) is 0 Å². The van der Waals surface area contributed by atoms with Gasteiger partial charge in [-0.05, 0) is 37.8 Å². The molecule has 1 saturated carbocycles. The highest BCUT2D eigenvalue weighted by Gasteiger charge is 2.23. The van der Waals surface area contributed by atoms with Crippen molar-refractivity contribution in [3.05, 3.63) is 28.7 Å². The van der Waals surface area contributed by atoms with E-state index in [1.165, 1.54) is 0 Å². The number of methoxy groups -OCH3 is 1. The van der Waals surface area contributed by atoms with Crippen molar-refractivity contribution in [1.29, 1.82) is 0 Å². The van der Waals surface area contributed by atoms with E-state index in [0.717, 1.165) is 25.7 Å². The first-order chi connectivity index (χ1) is 7.72. The Bertz CT molecular complexity index is 414. The maximum Gasteiger partial charge on any atom is 0.273 e. The molecule has 1 aliphatic rings. The van der Waals surface area contributed by atoms with Crippen LogP contribution in [0.4, 0.5) is 5.69 Å². The van der Waals surface area contributed by atoms with E-state index in [-0.39, 0.29) is 17.7 Å². The number of anilines is 1. The maximum absolute atomic E-state index is 11.9. The molecule has 2 rings (SSSR count). The largest absolute Gasteiger partial charge is 0.394 e. The molecule has 0 amide bonds. The van der Waals surface area contributed by atoms with Gasteiger partial charge in [0, 0.05) is 19.3 Å². The number of nitrogens with two attached hydrogens (primary N) is 1. The van der Waals surface area contributed by atoms with Gasteiger partial charge in [0.05, 0.1) is 11.8 Å². The van der Waals surface area contributed by atoms with E-state index >= 15 is 0 Å². The van der Waals surface area contributed by atoms with Gasteiger partial charge >= 0.3 is 0 Å². The first kappa shape index (κ1) is 11.2. The topological polar surface area (TPSA) is 57.2 Å². The molecule has 88 valence electrons. The van der Waals surface area contributed by atoms with Crippen molar-refractivity contribution < 1.29 is 4.74 Å². The minimum absolute atomic E-state index is 0.0794. The third kappa shape index (κ3) is 2.11. The molecule has 1 heterocycles. The third-order valence-corrected chi connectivity index (χ3v) is 3.33. The molecule has 4 heteroatoms. The molecule has 1 fully saturated rings. The smallest absolute Gasteiger partial charge is 0.273 e. The molecule has 1 aromatic heterocycles. The lowest BCUT2D eigenvalue weighted by Crippen LogP contribution is -2.31. The molecule has 4 nitrogen and oxygen atoms in total. The Morgan fingerprint density at radius 1 is 1.50 bits per heavy atom. The number of aromatic nitrogens is 1. The number of pyridine rings is 1. The summed E-state index contributed by atoms with van der Waals surface area (Å²) < 4.78 is 7.12. The fourth-order valence-corrected chi connectivity index (χ4v) is 2.40. The predicted molar refractivity (Wildman–Crippen MR) is 63.4 cm³/mol. The molecule has 0 bridgehead atoms. The Morgan fingerprint density at radius 2 is 2.31 bits per heavy atom. The highest BCUT2D eigenvalue weighted by atomic mass is 16.5. The van der Waals surface area contributed by atoms with Crippen molar-refractivity contribution >= 4 is 5.69 Å². The van der Waals surface area contributed by atoms with E-state index in [0.29, 0.717) is 5.69 Å². The van der Waals surface area contributed by atoms with Crippen LogP contribution in [0.15, 0.2) is 23.1 Å². The summed E-state index contributed by atoms with van der Waals surface area (Å²) in [6.07, 6.45) is 6.21. The summed E-state index contributed by atoms with van der Waals surface area (Å²) in [6, 6.07) is 3.71. The van der Waals surface area contributed by atoms with Crippen LogP contribution in [0.2, 0.25) is 0 Å². The van der Waals surface area contributed by atoms with Crippen LogP contribution in [0.1, 0.15) is 31.7 Å². The van der Waals surface area contributed by atoms with Crippen LogP contribution in [-0.4, -0.2) is 17.8 Å². The van der Waals surface area contributed by atoms with Crippen molar-refractivity contribution in [3.63, 3.8) is 0 Å². The summed E-state index contributed by atoms with van der Waals surface area (Å²) in [5, 5.41) is 0. The molecule has 0 spiro atoms. The van der Waals surface area contributed by atoms with Gasteiger partial charge in [0.25, 0.3) is 5.56 Å². The van der Waals surface area contributed by atoms with Gasteiger partial charge in [0.2, 0.25) is 0 Å². The van der Waals surface area contributed by atoms with Gasteiger partial charge in [-0.3, -0.25) is 4.79 Å². The van der Waals surface area contributed by atoms with Crippen LogP contribution in [0.25, 0.3) is 0 Å². The fraction of sp³-hybridized carbons (Fsp3) is 0.583. The first-order valence-corrected chi connectivity index (χ1v) is 5.72. The molecular formula is C12H18N2O2. The zero-order chi connectivity index (χ0) is 11.5. The average Bonchev–Trinajstić information content (AvgIpc) is 2.33. The normalized spacial score (nSPS) is 25.6. The standard InChI is InChI=1S/C12H18N2O2/c1-16-10-5-2-4-9(8-10)14-7-3-6-11(13)12(14)15/h3,6-7,9-10H,2,4-5,8,13H2,1H3/t9-,10?/m0/s1. The molecule has 1 aromatic rings. The molecule has 2 N–H and O–H groups in total. The molecule has 2 atom stereocenters. The van der Waals surface area contributed by atoms with Crippen molar-refractivity contribution in [2.75, 3.05) is 12.8 Å². The summed E-state index contributed by atoms with van der Waals surface area (Å²) in [5.74, 6) is 0. The second-order valence-electron chi connectivity index (χ2n) is 4.35. The number of nitrogen functional groups attached to an aromatic ring is 1. The van der Waals surface area contributed by atoms with Gasteiger partial charge in [-0.15, -0.1) is 0 Å². The molecule has 1 unspecified atom stereocenters. The Balaban J connectivity index is 2.23. The van der Waals surface area contributed by atoms with Gasteiger partial charge in [-0.2, -0.15) is 0 Å². The highest BCUT2D eigenvalue weighted by molar-refractivity contribution is 5.33. The first-order valence-electron chi connectivity index (χ1n) is 5.72. The second kappa shape index (κ2) is 4.70. The summed E-state index contributed by atoms with van der Waals surface area (Å²) in [7, 11) is 1.73. The van der Waals surface area contributed by atoms with Crippen molar-refractivity contribution in [2.45, 2.75) is 37.8 Å². The predicted octanol–water partition coefficient (Wildman–Crippen LogP) is 1.56. The molecular weight excluding hydrogens is 204 g/mol. The molecule has 0 aromatic carbocycles. The number of hydrogen-bond donors (Lipinski definition) is 1. The number of nitrogens with zero attached hydrogens (tertiary/aromatic N) is 1. The molecule has 1 aliphatic carbocycles. The van der Waals surface area contributed by atoms with Crippen LogP contribution in [0, 0.1) is 0 Å². The zero-order valence-electron chi connectivity index (χ0n) is 9.56. The summed E-state index contributed by atoms with van der Waals surface area (Å²) in [5.41, 5.74) is 5.87. The number of hydrogen-bond acceptors (Lipinski definition) is 3. The Kier molecular flexibility index (Phi) is 3.29. The maximum atomic E-state index is 11.9. The monoisotopic (exact) mass is 222 g/mol. The fourth-order valence-electron chi connectivity index (χ4n) is 2.40. The van der Waals surface area contributed by atoms with E-state index in [1.807, 2.05) is 12.3 Å². The van der Waals surface area contributed by atoms with E-state index in [9.17, 15) is 4.79 Å². The molecule has 0 aliphatic heterocycles.